The van der Waals surface area contributed by atoms with Crippen molar-refractivity contribution in [2.45, 2.75) is 13.0 Å². The SMILES string of the molecule is O=C(c1cccc(-n2cccn2)c1)N1CCCN(Cc2cccnc2)CC1. The second-order valence-electron chi connectivity index (χ2n) is 6.78. The van der Waals surface area contributed by atoms with E-state index in [0.29, 0.717) is 5.56 Å². The Morgan fingerprint density at radius 3 is 2.78 bits per heavy atom. The monoisotopic (exact) mass is 361 g/mol. The van der Waals surface area contributed by atoms with Crippen LogP contribution in [0.3, 0.4) is 0 Å². The van der Waals surface area contributed by atoms with E-state index >= 15 is 0 Å². The molecule has 1 aromatic carbocycles. The molecular formula is C21H23N5O. The Hall–Kier alpha value is -2.99. The van der Waals surface area contributed by atoms with Gasteiger partial charge in [0.2, 0.25) is 0 Å². The summed E-state index contributed by atoms with van der Waals surface area (Å²) in [6.07, 6.45) is 8.30. The van der Waals surface area contributed by atoms with Crippen LogP contribution in [0.2, 0.25) is 0 Å². The molecule has 0 aliphatic carbocycles. The lowest BCUT2D eigenvalue weighted by Crippen LogP contribution is -2.35. The molecule has 0 unspecified atom stereocenters. The van der Waals surface area contributed by atoms with Gasteiger partial charge in [-0.2, -0.15) is 5.10 Å². The maximum absolute atomic E-state index is 13.0. The second kappa shape index (κ2) is 8.14. The smallest absolute Gasteiger partial charge is 0.253 e. The zero-order valence-electron chi connectivity index (χ0n) is 15.2. The van der Waals surface area contributed by atoms with Gasteiger partial charge in [-0.05, 0) is 42.3 Å². The van der Waals surface area contributed by atoms with Crippen molar-refractivity contribution in [1.29, 1.82) is 0 Å². The molecule has 138 valence electrons. The summed E-state index contributed by atoms with van der Waals surface area (Å²) in [6, 6.07) is 13.6. The van der Waals surface area contributed by atoms with Gasteiger partial charge in [-0.25, -0.2) is 4.68 Å². The van der Waals surface area contributed by atoms with Gasteiger partial charge in [0.15, 0.2) is 0 Å². The molecular weight excluding hydrogens is 338 g/mol. The summed E-state index contributed by atoms with van der Waals surface area (Å²) in [5.74, 6) is 0.0900. The average molecular weight is 361 g/mol. The Morgan fingerprint density at radius 1 is 1.00 bits per heavy atom. The minimum Gasteiger partial charge on any atom is -0.337 e. The van der Waals surface area contributed by atoms with Crippen LogP contribution in [-0.4, -0.2) is 56.7 Å². The Bertz CT molecular complexity index is 879. The topological polar surface area (TPSA) is 54.3 Å². The summed E-state index contributed by atoms with van der Waals surface area (Å²) in [4.78, 5) is 21.6. The lowest BCUT2D eigenvalue weighted by molar-refractivity contribution is 0.0761. The molecule has 0 radical (unpaired) electrons. The van der Waals surface area contributed by atoms with E-state index in [1.54, 1.807) is 17.1 Å². The molecule has 4 rings (SSSR count). The summed E-state index contributed by atoms with van der Waals surface area (Å²) in [5, 5.41) is 4.24. The largest absolute Gasteiger partial charge is 0.337 e. The number of aromatic nitrogens is 3. The van der Waals surface area contributed by atoms with E-state index < -0.39 is 0 Å². The van der Waals surface area contributed by atoms with Gasteiger partial charge in [0.05, 0.1) is 5.69 Å². The first kappa shape index (κ1) is 17.4. The minimum absolute atomic E-state index is 0.0900. The lowest BCUT2D eigenvalue weighted by atomic mass is 10.1. The zero-order valence-corrected chi connectivity index (χ0v) is 15.2. The van der Waals surface area contributed by atoms with Gasteiger partial charge in [0, 0.05) is 63.1 Å². The third kappa shape index (κ3) is 4.23. The van der Waals surface area contributed by atoms with Crippen molar-refractivity contribution >= 4 is 5.91 Å². The van der Waals surface area contributed by atoms with Crippen LogP contribution in [0.4, 0.5) is 0 Å². The van der Waals surface area contributed by atoms with Crippen molar-refractivity contribution < 1.29 is 4.79 Å². The van der Waals surface area contributed by atoms with Crippen molar-refractivity contribution in [2.75, 3.05) is 26.2 Å². The Labute approximate surface area is 159 Å². The summed E-state index contributed by atoms with van der Waals surface area (Å²) >= 11 is 0. The first-order valence-corrected chi connectivity index (χ1v) is 9.30. The van der Waals surface area contributed by atoms with Gasteiger partial charge < -0.3 is 4.90 Å². The predicted molar refractivity (Wildman–Crippen MR) is 104 cm³/mol. The molecule has 3 heterocycles. The van der Waals surface area contributed by atoms with E-state index in [1.807, 2.05) is 53.7 Å². The number of carbonyl (C=O) groups is 1. The first-order valence-electron chi connectivity index (χ1n) is 9.30. The molecule has 0 spiro atoms. The number of nitrogens with zero attached hydrogens (tertiary/aromatic N) is 5. The number of benzene rings is 1. The molecule has 6 heteroatoms. The summed E-state index contributed by atoms with van der Waals surface area (Å²) in [6.45, 7) is 4.27. The number of amides is 1. The maximum Gasteiger partial charge on any atom is 0.253 e. The molecule has 1 amide bonds. The van der Waals surface area contributed by atoms with Crippen LogP contribution in [0, 0.1) is 0 Å². The summed E-state index contributed by atoms with van der Waals surface area (Å²) in [5.41, 5.74) is 2.83. The zero-order chi connectivity index (χ0) is 18.5. The Kier molecular flexibility index (Phi) is 5.25. The number of hydrogen-bond donors (Lipinski definition) is 0. The molecule has 1 aliphatic rings. The highest BCUT2D eigenvalue weighted by atomic mass is 16.2. The highest BCUT2D eigenvalue weighted by Crippen LogP contribution is 2.14. The fraction of sp³-hybridized carbons (Fsp3) is 0.286. The van der Waals surface area contributed by atoms with E-state index in [0.717, 1.165) is 44.8 Å². The maximum atomic E-state index is 13.0. The van der Waals surface area contributed by atoms with Crippen molar-refractivity contribution in [3.8, 4) is 5.69 Å². The number of hydrogen-bond acceptors (Lipinski definition) is 4. The number of rotatable bonds is 4. The van der Waals surface area contributed by atoms with E-state index in [4.69, 9.17) is 0 Å². The molecule has 1 aliphatic heterocycles. The molecule has 6 nitrogen and oxygen atoms in total. The standard InChI is InChI=1S/C21H23N5O/c27-21(19-6-1-7-20(15-19)26-12-3-9-23-26)25-11-4-10-24(13-14-25)17-18-5-2-8-22-16-18/h1-3,5-9,12,15-16H,4,10-11,13-14,17H2. The third-order valence-electron chi connectivity index (χ3n) is 4.87. The molecule has 0 bridgehead atoms. The molecule has 27 heavy (non-hydrogen) atoms. The molecule has 1 saturated heterocycles. The summed E-state index contributed by atoms with van der Waals surface area (Å²) in [7, 11) is 0. The van der Waals surface area contributed by atoms with Crippen LogP contribution in [0.5, 0.6) is 0 Å². The number of pyridine rings is 1. The highest BCUT2D eigenvalue weighted by molar-refractivity contribution is 5.94. The van der Waals surface area contributed by atoms with Crippen LogP contribution < -0.4 is 0 Å². The van der Waals surface area contributed by atoms with Crippen LogP contribution in [0.25, 0.3) is 5.69 Å². The van der Waals surface area contributed by atoms with Gasteiger partial charge in [0.25, 0.3) is 5.91 Å². The van der Waals surface area contributed by atoms with Gasteiger partial charge >= 0.3 is 0 Å². The fourth-order valence-corrected chi connectivity index (χ4v) is 3.47. The van der Waals surface area contributed by atoms with Gasteiger partial charge in [0.1, 0.15) is 0 Å². The van der Waals surface area contributed by atoms with Crippen molar-refractivity contribution in [3.63, 3.8) is 0 Å². The Morgan fingerprint density at radius 2 is 1.96 bits per heavy atom. The predicted octanol–water partition coefficient (Wildman–Crippen LogP) is 2.62. The van der Waals surface area contributed by atoms with E-state index in [-0.39, 0.29) is 5.91 Å². The van der Waals surface area contributed by atoms with Gasteiger partial charge in [-0.1, -0.05) is 12.1 Å². The van der Waals surface area contributed by atoms with Crippen LogP contribution >= 0.6 is 0 Å². The van der Waals surface area contributed by atoms with Crippen molar-refractivity contribution in [1.82, 2.24) is 24.6 Å². The molecule has 2 aromatic heterocycles. The molecule has 0 N–H and O–H groups in total. The molecule has 1 fully saturated rings. The van der Waals surface area contributed by atoms with Crippen LogP contribution in [0.1, 0.15) is 22.3 Å². The van der Waals surface area contributed by atoms with E-state index in [1.165, 1.54) is 5.56 Å². The normalized spacial score (nSPS) is 15.5. The second-order valence-corrected chi connectivity index (χ2v) is 6.78. The average Bonchev–Trinajstić information content (AvgIpc) is 3.16. The minimum atomic E-state index is 0.0900. The molecule has 0 saturated carbocycles. The van der Waals surface area contributed by atoms with E-state index in [2.05, 4.69) is 21.0 Å². The molecule has 0 atom stereocenters. The summed E-state index contributed by atoms with van der Waals surface area (Å²) < 4.78 is 1.77. The van der Waals surface area contributed by atoms with Gasteiger partial charge in [-0.15, -0.1) is 0 Å². The van der Waals surface area contributed by atoms with Crippen molar-refractivity contribution in [3.05, 3.63) is 78.4 Å². The van der Waals surface area contributed by atoms with Crippen molar-refractivity contribution in [2.24, 2.45) is 0 Å². The number of carbonyl (C=O) groups excluding carboxylic acids is 1. The highest BCUT2D eigenvalue weighted by Gasteiger charge is 2.20. The molecule has 3 aromatic rings. The lowest BCUT2D eigenvalue weighted by Gasteiger charge is -2.22. The van der Waals surface area contributed by atoms with Gasteiger partial charge in [-0.3, -0.25) is 14.7 Å². The first-order chi connectivity index (χ1) is 13.3. The Balaban J connectivity index is 1.42. The van der Waals surface area contributed by atoms with E-state index in [9.17, 15) is 4.79 Å². The van der Waals surface area contributed by atoms with Crippen LogP contribution in [0.15, 0.2) is 67.3 Å². The fourth-order valence-electron chi connectivity index (χ4n) is 3.47. The quantitative estimate of drug-likeness (QED) is 0.717. The van der Waals surface area contributed by atoms with Crippen LogP contribution in [-0.2, 0) is 6.54 Å². The third-order valence-corrected chi connectivity index (χ3v) is 4.87.